The molecule has 0 saturated carbocycles. The van der Waals surface area contributed by atoms with Crippen molar-refractivity contribution in [2.75, 3.05) is 0 Å². The molecule has 0 aliphatic carbocycles. The van der Waals surface area contributed by atoms with Crippen LogP contribution in [0.3, 0.4) is 0 Å². The number of alkyl halides is 1. The van der Waals surface area contributed by atoms with Crippen LogP contribution in [0.1, 0.15) is 18.1 Å². The van der Waals surface area contributed by atoms with Crippen molar-refractivity contribution >= 4 is 34.2 Å². The predicted molar refractivity (Wildman–Crippen MR) is 80.3 cm³/mol. The Balaban J connectivity index is 2.38. The maximum absolute atomic E-state index is 14.1. The van der Waals surface area contributed by atoms with Crippen molar-refractivity contribution in [2.24, 2.45) is 0 Å². The molecule has 0 amide bonds. The number of rotatable bonds is 2. The monoisotopic (exact) mass is 308 g/mol. The van der Waals surface area contributed by atoms with Crippen LogP contribution in [0.25, 0.3) is 16.7 Å². The van der Waals surface area contributed by atoms with E-state index in [2.05, 4.69) is 4.98 Å². The molecule has 0 fully saturated rings. The molecule has 102 valence electrons. The minimum absolute atomic E-state index is 0.319. The first kappa shape index (κ1) is 13.4. The summed E-state index contributed by atoms with van der Waals surface area (Å²) in [4.78, 5) is 4.47. The lowest BCUT2D eigenvalue weighted by molar-refractivity contribution is 0.616. The fourth-order valence-corrected chi connectivity index (χ4v) is 2.54. The minimum Gasteiger partial charge on any atom is -0.292 e. The van der Waals surface area contributed by atoms with Gasteiger partial charge in [-0.1, -0.05) is 23.7 Å². The number of nitrogens with zero attached hydrogens (tertiary/aromatic N) is 2. The number of halogens is 3. The van der Waals surface area contributed by atoms with Gasteiger partial charge < -0.3 is 0 Å². The maximum atomic E-state index is 14.1. The maximum Gasteiger partial charge on any atom is 0.147 e. The zero-order valence-electron chi connectivity index (χ0n) is 10.6. The highest BCUT2D eigenvalue weighted by molar-refractivity contribution is 6.31. The third-order valence-electron chi connectivity index (χ3n) is 3.09. The fourth-order valence-electron chi connectivity index (χ4n) is 2.23. The van der Waals surface area contributed by atoms with Gasteiger partial charge in [0.1, 0.15) is 11.6 Å². The summed E-state index contributed by atoms with van der Waals surface area (Å²) in [6, 6.07) is 11.9. The molecule has 0 saturated heterocycles. The first-order valence-electron chi connectivity index (χ1n) is 6.15. The first-order valence-corrected chi connectivity index (χ1v) is 6.96. The second-order valence-corrected chi connectivity index (χ2v) is 5.60. The van der Waals surface area contributed by atoms with E-state index in [0.29, 0.717) is 22.1 Å². The van der Waals surface area contributed by atoms with Crippen LogP contribution in [0.15, 0.2) is 42.5 Å². The molecule has 0 radical (unpaired) electrons. The second-order valence-electron chi connectivity index (χ2n) is 4.51. The van der Waals surface area contributed by atoms with E-state index in [-0.39, 0.29) is 11.2 Å². The summed E-state index contributed by atoms with van der Waals surface area (Å²) in [5, 5.41) is 0.241. The van der Waals surface area contributed by atoms with Crippen LogP contribution in [0.5, 0.6) is 0 Å². The van der Waals surface area contributed by atoms with Gasteiger partial charge in [0, 0.05) is 5.02 Å². The molecule has 1 atom stereocenters. The number of hydrogen-bond donors (Lipinski definition) is 0. The number of imidazole rings is 1. The molecule has 20 heavy (non-hydrogen) atoms. The van der Waals surface area contributed by atoms with Crippen LogP contribution in [0.4, 0.5) is 4.39 Å². The fraction of sp³-hybridized carbons (Fsp3) is 0.133. The molecular weight excluding hydrogens is 298 g/mol. The molecule has 0 N–H and O–H groups in total. The number of hydrogen-bond acceptors (Lipinski definition) is 1. The van der Waals surface area contributed by atoms with E-state index in [9.17, 15) is 4.39 Å². The van der Waals surface area contributed by atoms with Gasteiger partial charge in [-0.3, -0.25) is 4.57 Å². The first-order chi connectivity index (χ1) is 9.58. The molecule has 0 bridgehead atoms. The Labute approximate surface area is 125 Å². The third kappa shape index (κ3) is 2.17. The number of para-hydroxylation sites is 1. The zero-order chi connectivity index (χ0) is 14.3. The van der Waals surface area contributed by atoms with Gasteiger partial charge in [-0.25, -0.2) is 9.37 Å². The van der Waals surface area contributed by atoms with Crippen molar-refractivity contribution in [3.05, 3.63) is 59.1 Å². The van der Waals surface area contributed by atoms with Gasteiger partial charge in [0.15, 0.2) is 0 Å². The highest BCUT2D eigenvalue weighted by Crippen LogP contribution is 2.30. The van der Waals surface area contributed by atoms with E-state index < -0.39 is 0 Å². The van der Waals surface area contributed by atoms with Crippen molar-refractivity contribution in [3.63, 3.8) is 0 Å². The highest BCUT2D eigenvalue weighted by atomic mass is 35.5. The van der Waals surface area contributed by atoms with Crippen LogP contribution in [0, 0.1) is 5.82 Å². The van der Waals surface area contributed by atoms with Crippen LogP contribution < -0.4 is 0 Å². The zero-order valence-corrected chi connectivity index (χ0v) is 12.2. The molecule has 1 aromatic heterocycles. The summed E-state index contributed by atoms with van der Waals surface area (Å²) in [7, 11) is 0. The van der Waals surface area contributed by atoms with Gasteiger partial charge in [0.25, 0.3) is 0 Å². The Bertz CT molecular complexity index is 781. The van der Waals surface area contributed by atoms with Gasteiger partial charge in [-0.2, -0.15) is 0 Å². The van der Waals surface area contributed by atoms with Crippen molar-refractivity contribution in [2.45, 2.75) is 12.3 Å². The van der Waals surface area contributed by atoms with Crippen LogP contribution in [0.2, 0.25) is 5.02 Å². The Morgan fingerprint density at radius 2 is 1.95 bits per heavy atom. The van der Waals surface area contributed by atoms with Crippen molar-refractivity contribution in [3.8, 4) is 5.69 Å². The van der Waals surface area contributed by atoms with E-state index in [1.165, 1.54) is 6.07 Å². The summed E-state index contributed by atoms with van der Waals surface area (Å²) in [5.74, 6) is 0.273. The van der Waals surface area contributed by atoms with Gasteiger partial charge in [-0.15, -0.1) is 11.6 Å². The van der Waals surface area contributed by atoms with Crippen LogP contribution in [-0.4, -0.2) is 9.55 Å². The largest absolute Gasteiger partial charge is 0.292 e. The molecule has 1 heterocycles. The molecule has 0 spiro atoms. The Morgan fingerprint density at radius 1 is 1.20 bits per heavy atom. The molecule has 0 aliphatic heterocycles. The lowest BCUT2D eigenvalue weighted by Crippen LogP contribution is -2.03. The normalized spacial score (nSPS) is 12.8. The molecule has 2 aromatic carbocycles. The summed E-state index contributed by atoms with van der Waals surface area (Å²) in [5.41, 5.74) is 1.91. The Kier molecular flexibility index (Phi) is 3.40. The quantitative estimate of drug-likeness (QED) is 0.601. The molecule has 3 aromatic rings. The molecule has 1 unspecified atom stereocenters. The van der Waals surface area contributed by atoms with Gasteiger partial charge >= 0.3 is 0 Å². The van der Waals surface area contributed by atoms with Crippen molar-refractivity contribution < 1.29 is 4.39 Å². The number of fused-ring (bicyclic) bond motifs is 1. The molecular formula is C15H11Cl2FN2. The second kappa shape index (κ2) is 5.08. The standard InChI is InChI=1S/C15H11Cl2FN2/c1-9(16)15-19-12-8-10(17)6-7-14(12)20(15)13-5-3-2-4-11(13)18/h2-9H,1H3. The number of aromatic nitrogens is 2. The van der Waals surface area contributed by atoms with Crippen molar-refractivity contribution in [1.82, 2.24) is 9.55 Å². The lowest BCUT2D eigenvalue weighted by Gasteiger charge is -2.11. The molecule has 2 nitrogen and oxygen atoms in total. The average molecular weight is 309 g/mol. The van der Waals surface area contributed by atoms with E-state index in [1.807, 2.05) is 13.0 Å². The van der Waals surface area contributed by atoms with E-state index in [1.54, 1.807) is 34.9 Å². The summed E-state index contributed by atoms with van der Waals surface area (Å²) in [6.07, 6.45) is 0. The molecule has 0 aliphatic rings. The topological polar surface area (TPSA) is 17.8 Å². The summed E-state index contributed by atoms with van der Waals surface area (Å²) in [6.45, 7) is 1.81. The number of benzene rings is 2. The minimum atomic E-state index is -0.346. The van der Waals surface area contributed by atoms with Gasteiger partial charge in [0.05, 0.1) is 22.1 Å². The van der Waals surface area contributed by atoms with E-state index in [0.717, 1.165) is 5.52 Å². The average Bonchev–Trinajstić information content (AvgIpc) is 2.78. The van der Waals surface area contributed by atoms with Crippen LogP contribution >= 0.6 is 23.2 Å². The molecule has 3 rings (SSSR count). The highest BCUT2D eigenvalue weighted by Gasteiger charge is 2.18. The van der Waals surface area contributed by atoms with Crippen LogP contribution in [-0.2, 0) is 0 Å². The smallest absolute Gasteiger partial charge is 0.147 e. The molecule has 5 heteroatoms. The lowest BCUT2D eigenvalue weighted by atomic mass is 10.2. The van der Waals surface area contributed by atoms with Gasteiger partial charge in [0.2, 0.25) is 0 Å². The van der Waals surface area contributed by atoms with E-state index >= 15 is 0 Å². The predicted octanol–water partition coefficient (Wildman–Crippen LogP) is 5.12. The van der Waals surface area contributed by atoms with E-state index in [4.69, 9.17) is 23.2 Å². The SMILES string of the molecule is CC(Cl)c1nc2cc(Cl)ccc2n1-c1ccccc1F. The Morgan fingerprint density at radius 3 is 2.65 bits per heavy atom. The van der Waals surface area contributed by atoms with Crippen molar-refractivity contribution in [1.29, 1.82) is 0 Å². The summed E-state index contributed by atoms with van der Waals surface area (Å²) < 4.78 is 15.8. The third-order valence-corrected chi connectivity index (χ3v) is 3.52. The van der Waals surface area contributed by atoms with Gasteiger partial charge in [-0.05, 0) is 37.3 Å². The Hall–Kier alpha value is -1.58. The summed E-state index contributed by atoms with van der Waals surface area (Å²) >= 11 is 12.2.